The smallest absolute Gasteiger partial charge is 0.207 e. The van der Waals surface area contributed by atoms with Gasteiger partial charge >= 0.3 is 0 Å². The quantitative estimate of drug-likeness (QED) is 0.751. The second-order valence-electron chi connectivity index (χ2n) is 4.14. The third-order valence-corrected chi connectivity index (χ3v) is 3.18. The van der Waals surface area contributed by atoms with Crippen molar-refractivity contribution < 1.29 is 0 Å². The van der Waals surface area contributed by atoms with E-state index in [0.29, 0.717) is 5.95 Å². The molecule has 0 fully saturated rings. The van der Waals surface area contributed by atoms with Crippen molar-refractivity contribution in [3.63, 3.8) is 0 Å². The molecule has 4 nitrogen and oxygen atoms in total. The number of halogens is 1. The van der Waals surface area contributed by atoms with Crippen LogP contribution in [0.2, 0.25) is 0 Å². The Morgan fingerprint density at radius 3 is 2.89 bits per heavy atom. The molecule has 2 N–H and O–H groups in total. The van der Waals surface area contributed by atoms with Crippen molar-refractivity contribution in [1.29, 1.82) is 0 Å². The zero-order chi connectivity index (χ0) is 12.7. The van der Waals surface area contributed by atoms with Gasteiger partial charge in [-0.2, -0.15) is 0 Å². The Morgan fingerprint density at radius 1 is 1.28 bits per heavy atom. The highest BCUT2D eigenvalue weighted by atomic mass is 79.9. The van der Waals surface area contributed by atoms with Crippen LogP contribution in [-0.2, 0) is 0 Å². The average molecular weight is 303 g/mol. The molecule has 3 rings (SSSR count). The lowest BCUT2D eigenvalue weighted by molar-refractivity contribution is 1.08. The molecule has 18 heavy (non-hydrogen) atoms. The minimum Gasteiger partial charge on any atom is -0.369 e. The van der Waals surface area contributed by atoms with Gasteiger partial charge in [-0.1, -0.05) is 15.9 Å². The van der Waals surface area contributed by atoms with E-state index in [1.807, 2.05) is 35.8 Å². The van der Waals surface area contributed by atoms with E-state index in [-0.39, 0.29) is 0 Å². The summed E-state index contributed by atoms with van der Waals surface area (Å²) in [6, 6.07) is 9.85. The first kappa shape index (κ1) is 11.2. The first-order chi connectivity index (χ1) is 8.65. The van der Waals surface area contributed by atoms with Crippen LogP contribution in [0.1, 0.15) is 5.56 Å². The monoisotopic (exact) mass is 302 g/mol. The maximum Gasteiger partial charge on any atom is 0.207 e. The van der Waals surface area contributed by atoms with E-state index in [0.717, 1.165) is 26.9 Å². The summed E-state index contributed by atoms with van der Waals surface area (Å²) in [6.45, 7) is 2.04. The Labute approximate surface area is 113 Å². The fraction of sp³-hybridized carbons (Fsp3) is 0.0769. The molecular formula is C13H11BrN4. The van der Waals surface area contributed by atoms with Gasteiger partial charge < -0.3 is 5.73 Å². The molecule has 2 aromatic heterocycles. The van der Waals surface area contributed by atoms with Gasteiger partial charge in [-0.3, -0.25) is 4.57 Å². The number of rotatable bonds is 1. The van der Waals surface area contributed by atoms with E-state index < -0.39 is 0 Å². The summed E-state index contributed by atoms with van der Waals surface area (Å²) in [5.41, 5.74) is 9.66. The van der Waals surface area contributed by atoms with Crippen LogP contribution >= 0.6 is 15.9 Å². The predicted octanol–water partition coefficient (Wildman–Crippen LogP) is 3.07. The zero-order valence-corrected chi connectivity index (χ0v) is 11.3. The van der Waals surface area contributed by atoms with Crippen molar-refractivity contribution in [3.05, 3.63) is 46.6 Å². The Hall–Kier alpha value is -1.88. The minimum absolute atomic E-state index is 0.446. The van der Waals surface area contributed by atoms with Gasteiger partial charge in [0, 0.05) is 10.7 Å². The normalized spacial score (nSPS) is 11.0. The van der Waals surface area contributed by atoms with Gasteiger partial charge in [-0.15, -0.1) is 0 Å². The number of anilines is 1. The zero-order valence-electron chi connectivity index (χ0n) is 9.76. The molecule has 0 aliphatic carbocycles. The third-order valence-electron chi connectivity index (χ3n) is 2.73. The number of nitrogen functional groups attached to an aromatic ring is 1. The first-order valence-corrected chi connectivity index (χ1v) is 6.31. The molecule has 1 aromatic carbocycles. The summed E-state index contributed by atoms with van der Waals surface area (Å²) in [7, 11) is 0. The largest absolute Gasteiger partial charge is 0.369 e. The maximum absolute atomic E-state index is 5.98. The lowest BCUT2D eigenvalue weighted by Crippen LogP contribution is -2.01. The Balaban J connectivity index is 2.34. The highest BCUT2D eigenvalue weighted by molar-refractivity contribution is 9.10. The Morgan fingerprint density at radius 2 is 2.11 bits per heavy atom. The standard InChI is InChI=1S/C13H11BrN4/c1-8-5-9(14)7-10(6-8)18-12-11(17-13(18)15)3-2-4-16-12/h2-7H,1H3,(H2,15,17). The van der Waals surface area contributed by atoms with E-state index in [4.69, 9.17) is 5.73 Å². The highest BCUT2D eigenvalue weighted by Gasteiger charge is 2.11. The molecule has 0 saturated carbocycles. The number of hydrogen-bond donors (Lipinski definition) is 1. The van der Waals surface area contributed by atoms with E-state index in [9.17, 15) is 0 Å². The molecular weight excluding hydrogens is 292 g/mol. The fourth-order valence-corrected chi connectivity index (χ4v) is 2.63. The summed E-state index contributed by atoms with van der Waals surface area (Å²) < 4.78 is 2.86. The molecule has 0 unspecified atom stereocenters. The summed E-state index contributed by atoms with van der Waals surface area (Å²) in [4.78, 5) is 8.65. The van der Waals surface area contributed by atoms with E-state index >= 15 is 0 Å². The van der Waals surface area contributed by atoms with Crippen molar-refractivity contribution >= 4 is 33.0 Å². The summed E-state index contributed by atoms with van der Waals surface area (Å²) >= 11 is 3.49. The molecule has 5 heteroatoms. The van der Waals surface area contributed by atoms with Crippen LogP contribution in [0.5, 0.6) is 0 Å². The summed E-state index contributed by atoms with van der Waals surface area (Å²) in [5, 5.41) is 0. The summed E-state index contributed by atoms with van der Waals surface area (Å²) in [6.07, 6.45) is 1.74. The number of hydrogen-bond acceptors (Lipinski definition) is 3. The molecule has 0 bridgehead atoms. The lowest BCUT2D eigenvalue weighted by atomic mass is 10.2. The molecule has 90 valence electrons. The van der Waals surface area contributed by atoms with Gasteiger partial charge in [0.05, 0.1) is 5.69 Å². The van der Waals surface area contributed by atoms with E-state index in [1.165, 1.54) is 0 Å². The Bertz CT molecular complexity index is 713. The molecule has 0 amide bonds. The van der Waals surface area contributed by atoms with Gasteiger partial charge in [0.2, 0.25) is 5.95 Å². The van der Waals surface area contributed by atoms with Crippen LogP contribution in [0.25, 0.3) is 16.9 Å². The number of pyridine rings is 1. The fourth-order valence-electron chi connectivity index (χ4n) is 2.03. The van der Waals surface area contributed by atoms with Crippen LogP contribution in [0.15, 0.2) is 41.0 Å². The number of benzene rings is 1. The predicted molar refractivity (Wildman–Crippen MR) is 75.7 cm³/mol. The van der Waals surface area contributed by atoms with Gasteiger partial charge in [0.1, 0.15) is 5.52 Å². The number of fused-ring (bicyclic) bond motifs is 1. The number of imidazole rings is 1. The van der Waals surface area contributed by atoms with Gasteiger partial charge in [0.15, 0.2) is 5.65 Å². The van der Waals surface area contributed by atoms with Crippen molar-refractivity contribution in [2.24, 2.45) is 0 Å². The molecule has 0 aliphatic rings. The van der Waals surface area contributed by atoms with Crippen LogP contribution in [0, 0.1) is 6.92 Å². The van der Waals surface area contributed by atoms with Crippen molar-refractivity contribution in [2.45, 2.75) is 6.92 Å². The first-order valence-electron chi connectivity index (χ1n) is 5.51. The lowest BCUT2D eigenvalue weighted by Gasteiger charge is -2.07. The number of aromatic nitrogens is 3. The SMILES string of the molecule is Cc1cc(Br)cc(-n2c(N)nc3cccnc32)c1. The minimum atomic E-state index is 0.446. The molecule has 0 atom stereocenters. The van der Waals surface area contributed by atoms with Crippen molar-refractivity contribution in [3.8, 4) is 5.69 Å². The molecule has 0 spiro atoms. The highest BCUT2D eigenvalue weighted by Crippen LogP contribution is 2.24. The van der Waals surface area contributed by atoms with E-state index in [1.54, 1.807) is 6.20 Å². The molecule has 0 aliphatic heterocycles. The molecule has 3 aromatic rings. The molecule has 0 radical (unpaired) electrons. The second kappa shape index (κ2) is 4.10. The van der Waals surface area contributed by atoms with Crippen molar-refractivity contribution in [1.82, 2.24) is 14.5 Å². The van der Waals surface area contributed by atoms with Crippen LogP contribution in [0.4, 0.5) is 5.95 Å². The van der Waals surface area contributed by atoms with Gasteiger partial charge in [-0.25, -0.2) is 9.97 Å². The summed E-state index contributed by atoms with van der Waals surface area (Å²) in [5.74, 6) is 0.446. The van der Waals surface area contributed by atoms with E-state index in [2.05, 4.69) is 32.0 Å². The van der Waals surface area contributed by atoms with Gasteiger partial charge in [-0.05, 0) is 42.8 Å². The Kier molecular flexibility index (Phi) is 2.56. The average Bonchev–Trinajstić information content (AvgIpc) is 2.63. The second-order valence-corrected chi connectivity index (χ2v) is 5.05. The molecule has 2 heterocycles. The van der Waals surface area contributed by atoms with Crippen LogP contribution < -0.4 is 5.73 Å². The number of nitrogens with two attached hydrogens (primary N) is 1. The number of nitrogens with zero attached hydrogens (tertiary/aromatic N) is 3. The maximum atomic E-state index is 5.98. The third kappa shape index (κ3) is 1.76. The molecule has 0 saturated heterocycles. The number of aryl methyl sites for hydroxylation is 1. The topological polar surface area (TPSA) is 56.7 Å². The van der Waals surface area contributed by atoms with Crippen LogP contribution in [-0.4, -0.2) is 14.5 Å². The van der Waals surface area contributed by atoms with Gasteiger partial charge in [0.25, 0.3) is 0 Å². The van der Waals surface area contributed by atoms with Crippen LogP contribution in [0.3, 0.4) is 0 Å². The van der Waals surface area contributed by atoms with Crippen molar-refractivity contribution in [2.75, 3.05) is 5.73 Å².